The van der Waals surface area contributed by atoms with Gasteiger partial charge < -0.3 is 4.74 Å². The van der Waals surface area contributed by atoms with E-state index in [1.54, 1.807) is 36.4 Å². The first-order chi connectivity index (χ1) is 15.9. The van der Waals surface area contributed by atoms with Gasteiger partial charge >= 0.3 is 0 Å². The Balaban J connectivity index is 1.67. The van der Waals surface area contributed by atoms with Crippen LogP contribution < -0.4 is 9.46 Å². The number of hydrogen-bond donors (Lipinski definition) is 1. The second-order valence-electron chi connectivity index (χ2n) is 7.60. The summed E-state index contributed by atoms with van der Waals surface area (Å²) in [7, 11) is -3.77. The van der Waals surface area contributed by atoms with Gasteiger partial charge in [-0.1, -0.05) is 48.5 Å². The van der Waals surface area contributed by atoms with Crippen molar-refractivity contribution in [3.05, 3.63) is 90.0 Å². The van der Waals surface area contributed by atoms with E-state index in [2.05, 4.69) is 9.82 Å². The summed E-state index contributed by atoms with van der Waals surface area (Å²) in [6, 6.07) is 22.6. The van der Waals surface area contributed by atoms with E-state index in [1.807, 2.05) is 37.3 Å². The molecule has 1 atom stereocenters. The number of rotatable bonds is 7. The highest BCUT2D eigenvalue weighted by Gasteiger charge is 2.32. The van der Waals surface area contributed by atoms with Crippen LogP contribution in [0.15, 0.2) is 88.9 Å². The number of para-hydroxylation sites is 1. The molecule has 170 valence electrons. The molecule has 3 aromatic carbocycles. The normalized spacial score (nSPS) is 15.8. The molecule has 0 fully saturated rings. The zero-order chi connectivity index (χ0) is 23.4. The van der Waals surface area contributed by atoms with Crippen molar-refractivity contribution < 1.29 is 17.9 Å². The van der Waals surface area contributed by atoms with Crippen molar-refractivity contribution in [2.24, 2.45) is 5.10 Å². The monoisotopic (exact) mass is 463 g/mol. The summed E-state index contributed by atoms with van der Waals surface area (Å²) in [5.74, 6) is 0.530. The number of sulfonamides is 1. The van der Waals surface area contributed by atoms with Crippen molar-refractivity contribution in [1.82, 2.24) is 5.01 Å². The third-order valence-corrected chi connectivity index (χ3v) is 6.70. The zero-order valence-electron chi connectivity index (χ0n) is 18.4. The van der Waals surface area contributed by atoms with Crippen molar-refractivity contribution >= 4 is 27.3 Å². The molecular weight excluding hydrogens is 438 g/mol. The average molecular weight is 464 g/mol. The van der Waals surface area contributed by atoms with Gasteiger partial charge in [0.15, 0.2) is 0 Å². The molecule has 0 saturated heterocycles. The summed E-state index contributed by atoms with van der Waals surface area (Å²) in [5, 5.41) is 6.03. The lowest BCUT2D eigenvalue weighted by Crippen LogP contribution is -2.24. The van der Waals surface area contributed by atoms with E-state index in [0.29, 0.717) is 30.0 Å². The van der Waals surface area contributed by atoms with Crippen LogP contribution in [0.2, 0.25) is 0 Å². The molecule has 1 amide bonds. The first-order valence-electron chi connectivity index (χ1n) is 10.7. The number of carbonyl (C=O) groups is 1. The summed E-state index contributed by atoms with van der Waals surface area (Å²) in [4.78, 5) is 12.6. The van der Waals surface area contributed by atoms with Gasteiger partial charge in [-0.3, -0.25) is 9.52 Å². The van der Waals surface area contributed by atoms with E-state index >= 15 is 0 Å². The molecule has 4 rings (SSSR count). The molecular formula is C25H25N3O4S. The van der Waals surface area contributed by atoms with Crippen LogP contribution in [0.25, 0.3) is 0 Å². The van der Waals surface area contributed by atoms with Gasteiger partial charge in [-0.05, 0) is 42.8 Å². The number of nitrogens with zero attached hydrogens (tertiary/aromatic N) is 2. The van der Waals surface area contributed by atoms with Crippen molar-refractivity contribution in [1.29, 1.82) is 0 Å². The van der Waals surface area contributed by atoms with Crippen LogP contribution in [-0.4, -0.2) is 31.7 Å². The number of carbonyl (C=O) groups excluding carboxylic acids is 1. The molecule has 0 saturated carbocycles. The molecule has 0 aliphatic carbocycles. The molecule has 0 aromatic heterocycles. The van der Waals surface area contributed by atoms with E-state index < -0.39 is 10.0 Å². The maximum Gasteiger partial charge on any atom is 0.261 e. The molecule has 0 radical (unpaired) electrons. The standard InChI is InChI=1S/C25H25N3O4S/c1-3-32-20-11-9-10-19(16-20)25-17-24(26-28(25)18(2)29)22-14-7-8-15-23(22)27-33(30,31)21-12-5-4-6-13-21/h4-16,25,27H,3,17H2,1-2H3. The van der Waals surface area contributed by atoms with Gasteiger partial charge in [0.25, 0.3) is 10.0 Å². The Morgan fingerprint density at radius 2 is 1.79 bits per heavy atom. The smallest absolute Gasteiger partial charge is 0.261 e. The SMILES string of the molecule is CCOc1cccc(C2CC(c3ccccc3NS(=O)(=O)c3ccccc3)=NN2C(C)=O)c1. The molecule has 7 nitrogen and oxygen atoms in total. The van der Waals surface area contributed by atoms with Crippen molar-refractivity contribution in [3.8, 4) is 5.75 Å². The minimum atomic E-state index is -3.77. The summed E-state index contributed by atoms with van der Waals surface area (Å²) < 4.78 is 34.1. The minimum absolute atomic E-state index is 0.171. The van der Waals surface area contributed by atoms with Crippen LogP contribution in [-0.2, 0) is 14.8 Å². The van der Waals surface area contributed by atoms with Gasteiger partial charge in [0.1, 0.15) is 5.75 Å². The van der Waals surface area contributed by atoms with Crippen LogP contribution in [0.3, 0.4) is 0 Å². The summed E-state index contributed by atoms with van der Waals surface area (Å²) in [5.41, 5.74) is 2.57. The summed E-state index contributed by atoms with van der Waals surface area (Å²) in [6.07, 6.45) is 0.444. The Hall–Kier alpha value is -3.65. The fraction of sp³-hybridized carbons (Fsp3) is 0.200. The Bertz CT molecular complexity index is 1290. The minimum Gasteiger partial charge on any atom is -0.494 e. The molecule has 1 N–H and O–H groups in total. The van der Waals surface area contributed by atoms with Crippen LogP contribution in [0, 0.1) is 0 Å². The zero-order valence-corrected chi connectivity index (χ0v) is 19.2. The van der Waals surface area contributed by atoms with Crippen LogP contribution in [0.4, 0.5) is 5.69 Å². The third kappa shape index (κ3) is 4.90. The molecule has 1 heterocycles. The Labute approximate surface area is 193 Å². The molecule has 1 aliphatic rings. The highest BCUT2D eigenvalue weighted by atomic mass is 32.2. The first kappa shape index (κ1) is 22.5. The fourth-order valence-electron chi connectivity index (χ4n) is 3.83. The number of hydrogen-bond acceptors (Lipinski definition) is 5. The number of benzene rings is 3. The van der Waals surface area contributed by atoms with Crippen LogP contribution in [0.5, 0.6) is 5.75 Å². The maximum atomic E-state index is 12.9. The lowest BCUT2D eigenvalue weighted by Gasteiger charge is -2.21. The van der Waals surface area contributed by atoms with Gasteiger partial charge in [0.05, 0.1) is 28.9 Å². The molecule has 1 aliphatic heterocycles. The van der Waals surface area contributed by atoms with E-state index in [4.69, 9.17) is 4.74 Å². The van der Waals surface area contributed by atoms with Crippen LogP contribution in [0.1, 0.15) is 37.4 Å². The largest absolute Gasteiger partial charge is 0.494 e. The highest BCUT2D eigenvalue weighted by Crippen LogP contribution is 2.36. The van der Waals surface area contributed by atoms with Gasteiger partial charge in [-0.2, -0.15) is 5.10 Å². The Morgan fingerprint density at radius 3 is 2.52 bits per heavy atom. The highest BCUT2D eigenvalue weighted by molar-refractivity contribution is 7.92. The van der Waals surface area contributed by atoms with Crippen molar-refractivity contribution in [2.75, 3.05) is 11.3 Å². The van der Waals surface area contributed by atoms with E-state index in [-0.39, 0.29) is 16.8 Å². The predicted molar refractivity (Wildman–Crippen MR) is 128 cm³/mol. The van der Waals surface area contributed by atoms with Crippen molar-refractivity contribution in [3.63, 3.8) is 0 Å². The number of nitrogens with one attached hydrogen (secondary N) is 1. The molecule has 0 bridgehead atoms. The van der Waals surface area contributed by atoms with E-state index in [0.717, 1.165) is 11.3 Å². The van der Waals surface area contributed by atoms with E-state index in [9.17, 15) is 13.2 Å². The van der Waals surface area contributed by atoms with Gasteiger partial charge in [0.2, 0.25) is 5.91 Å². The van der Waals surface area contributed by atoms with E-state index in [1.165, 1.54) is 24.1 Å². The van der Waals surface area contributed by atoms with Gasteiger partial charge in [0, 0.05) is 18.9 Å². The topological polar surface area (TPSA) is 88.1 Å². The number of amides is 1. The fourth-order valence-corrected chi connectivity index (χ4v) is 4.93. The summed E-state index contributed by atoms with van der Waals surface area (Å²) in [6.45, 7) is 3.93. The molecule has 1 unspecified atom stereocenters. The van der Waals surface area contributed by atoms with Crippen molar-refractivity contribution in [2.45, 2.75) is 31.2 Å². The lowest BCUT2D eigenvalue weighted by atomic mass is 9.97. The third-order valence-electron chi connectivity index (χ3n) is 5.32. The maximum absolute atomic E-state index is 12.9. The molecule has 3 aromatic rings. The molecule has 33 heavy (non-hydrogen) atoms. The number of hydrazone groups is 1. The van der Waals surface area contributed by atoms with Gasteiger partial charge in [-0.25, -0.2) is 13.4 Å². The molecule has 8 heteroatoms. The first-order valence-corrected chi connectivity index (χ1v) is 12.1. The average Bonchev–Trinajstić information content (AvgIpc) is 3.26. The Kier molecular flexibility index (Phi) is 6.46. The molecule has 0 spiro atoms. The lowest BCUT2D eigenvalue weighted by molar-refractivity contribution is -0.130. The summed E-state index contributed by atoms with van der Waals surface area (Å²) >= 11 is 0. The Morgan fingerprint density at radius 1 is 1.06 bits per heavy atom. The predicted octanol–water partition coefficient (Wildman–Crippen LogP) is 4.58. The second-order valence-corrected chi connectivity index (χ2v) is 9.28. The second kappa shape index (κ2) is 9.46. The number of ether oxygens (including phenoxy) is 1. The van der Waals surface area contributed by atoms with Gasteiger partial charge in [-0.15, -0.1) is 0 Å². The quantitative estimate of drug-likeness (QED) is 0.555. The van der Waals surface area contributed by atoms with Crippen LogP contribution >= 0.6 is 0 Å². The number of anilines is 1.